The zero-order chi connectivity index (χ0) is 20.3. The molecule has 0 bridgehead atoms. The second kappa shape index (κ2) is 8.16. The highest BCUT2D eigenvalue weighted by atomic mass is 19.1. The molecule has 6 nitrogen and oxygen atoms in total. The third-order valence-electron chi connectivity index (χ3n) is 4.33. The number of carbonyl (C=O) groups excluding carboxylic acids is 2. The molecule has 3 aromatic rings. The Morgan fingerprint density at radius 1 is 1.21 bits per heavy atom. The molecule has 0 atom stereocenters. The number of nitrogens with one attached hydrogen (secondary N) is 1. The van der Waals surface area contributed by atoms with E-state index in [0.717, 1.165) is 25.0 Å². The van der Waals surface area contributed by atoms with Crippen LogP contribution in [0.25, 0.3) is 5.52 Å². The van der Waals surface area contributed by atoms with Crippen LogP contribution in [-0.2, 0) is 0 Å². The molecule has 1 aromatic carbocycles. The van der Waals surface area contributed by atoms with Crippen LogP contribution in [0, 0.1) is 11.6 Å². The van der Waals surface area contributed by atoms with Crippen LogP contribution in [0.5, 0.6) is 0 Å². The third kappa shape index (κ3) is 3.85. The van der Waals surface area contributed by atoms with Crippen LogP contribution in [0.3, 0.4) is 0 Å². The summed E-state index contributed by atoms with van der Waals surface area (Å²) in [5, 5.41) is 2.38. The molecule has 28 heavy (non-hydrogen) atoms. The van der Waals surface area contributed by atoms with Crippen molar-refractivity contribution in [2.24, 2.45) is 0 Å². The molecule has 2 amide bonds. The van der Waals surface area contributed by atoms with E-state index in [0.29, 0.717) is 18.1 Å². The number of amides is 2. The van der Waals surface area contributed by atoms with Gasteiger partial charge in [-0.3, -0.25) is 14.0 Å². The van der Waals surface area contributed by atoms with Gasteiger partial charge in [0.05, 0.1) is 11.2 Å². The second-order valence-corrected chi connectivity index (χ2v) is 6.40. The van der Waals surface area contributed by atoms with Gasteiger partial charge in [-0.15, -0.1) is 0 Å². The summed E-state index contributed by atoms with van der Waals surface area (Å²) in [5.41, 5.74) is 0.225. The lowest BCUT2D eigenvalue weighted by Gasteiger charge is -2.15. The largest absolute Gasteiger partial charge is 0.339 e. The van der Waals surface area contributed by atoms with Gasteiger partial charge in [-0.25, -0.2) is 13.8 Å². The van der Waals surface area contributed by atoms with Crippen molar-refractivity contribution in [2.75, 3.05) is 18.9 Å². The molecule has 0 aliphatic heterocycles. The Bertz CT molecular complexity index is 1030. The predicted octanol–water partition coefficient (Wildman–Crippen LogP) is 3.74. The van der Waals surface area contributed by atoms with E-state index in [4.69, 9.17) is 0 Å². The second-order valence-electron chi connectivity index (χ2n) is 6.40. The van der Waals surface area contributed by atoms with Gasteiger partial charge in [0.15, 0.2) is 5.69 Å². The molecule has 1 N–H and O–H groups in total. The highest BCUT2D eigenvalue weighted by molar-refractivity contribution is 6.09. The molecule has 0 spiro atoms. The summed E-state index contributed by atoms with van der Waals surface area (Å²) >= 11 is 0. The maximum absolute atomic E-state index is 13.9. The lowest BCUT2D eigenvalue weighted by molar-refractivity contribution is 0.0780. The molecule has 0 aliphatic rings. The Balaban J connectivity index is 1.95. The molecule has 0 saturated heterocycles. The van der Waals surface area contributed by atoms with E-state index >= 15 is 0 Å². The SMILES string of the molecule is CCCCN(C)C(=O)c1nc(C(=O)Nc2ccc(F)cc2F)c2ccccn12. The van der Waals surface area contributed by atoms with E-state index in [-0.39, 0.29) is 23.1 Å². The Hall–Kier alpha value is -3.29. The van der Waals surface area contributed by atoms with Crippen LogP contribution in [0.2, 0.25) is 0 Å². The zero-order valence-electron chi connectivity index (χ0n) is 15.6. The van der Waals surface area contributed by atoms with Gasteiger partial charge in [0, 0.05) is 25.9 Å². The van der Waals surface area contributed by atoms with Crippen molar-refractivity contribution in [1.82, 2.24) is 14.3 Å². The van der Waals surface area contributed by atoms with Crippen molar-refractivity contribution in [3.05, 3.63) is 65.7 Å². The minimum atomic E-state index is -0.896. The lowest BCUT2D eigenvalue weighted by atomic mass is 10.2. The summed E-state index contributed by atoms with van der Waals surface area (Å²) in [6.07, 6.45) is 3.43. The van der Waals surface area contributed by atoms with Gasteiger partial charge in [-0.1, -0.05) is 19.4 Å². The highest BCUT2D eigenvalue weighted by Gasteiger charge is 2.24. The maximum atomic E-state index is 13.9. The molecule has 8 heteroatoms. The van der Waals surface area contributed by atoms with Gasteiger partial charge in [0.25, 0.3) is 11.8 Å². The smallest absolute Gasteiger partial charge is 0.289 e. The van der Waals surface area contributed by atoms with Gasteiger partial charge in [0.2, 0.25) is 5.82 Å². The fourth-order valence-electron chi connectivity index (χ4n) is 2.80. The van der Waals surface area contributed by atoms with E-state index in [9.17, 15) is 18.4 Å². The summed E-state index contributed by atoms with van der Waals surface area (Å²) in [4.78, 5) is 31.2. The predicted molar refractivity (Wildman–Crippen MR) is 101 cm³/mol. The van der Waals surface area contributed by atoms with Gasteiger partial charge in [-0.2, -0.15) is 0 Å². The number of nitrogens with zero attached hydrogens (tertiary/aromatic N) is 3. The number of hydrogen-bond donors (Lipinski definition) is 1. The summed E-state index contributed by atoms with van der Waals surface area (Å²) < 4.78 is 28.4. The number of rotatable bonds is 6. The highest BCUT2D eigenvalue weighted by Crippen LogP contribution is 2.19. The first-order valence-corrected chi connectivity index (χ1v) is 8.91. The van der Waals surface area contributed by atoms with Crippen molar-refractivity contribution in [2.45, 2.75) is 19.8 Å². The Morgan fingerprint density at radius 2 is 2.00 bits per heavy atom. The lowest BCUT2D eigenvalue weighted by Crippen LogP contribution is -2.29. The number of unbranched alkanes of at least 4 members (excludes halogenated alkanes) is 1. The van der Waals surface area contributed by atoms with Crippen LogP contribution in [0.15, 0.2) is 42.6 Å². The summed E-state index contributed by atoms with van der Waals surface area (Å²) in [7, 11) is 1.68. The average Bonchev–Trinajstić information content (AvgIpc) is 3.07. The minimum Gasteiger partial charge on any atom is -0.339 e. The van der Waals surface area contributed by atoms with Gasteiger partial charge in [-0.05, 0) is 30.7 Å². The molecule has 0 saturated carbocycles. The van der Waals surface area contributed by atoms with E-state index < -0.39 is 17.5 Å². The van der Waals surface area contributed by atoms with Crippen LogP contribution < -0.4 is 5.32 Å². The maximum Gasteiger partial charge on any atom is 0.289 e. The van der Waals surface area contributed by atoms with Crippen LogP contribution >= 0.6 is 0 Å². The molecule has 0 aliphatic carbocycles. The number of benzene rings is 1. The van der Waals surface area contributed by atoms with Crippen molar-refractivity contribution >= 4 is 23.0 Å². The van der Waals surface area contributed by atoms with Crippen LogP contribution in [0.1, 0.15) is 40.9 Å². The summed E-state index contributed by atoms with van der Waals surface area (Å²) in [6.45, 7) is 2.60. The third-order valence-corrected chi connectivity index (χ3v) is 4.33. The number of anilines is 1. The molecule has 2 aromatic heterocycles. The van der Waals surface area contributed by atoms with E-state index in [1.54, 1.807) is 36.3 Å². The first-order valence-electron chi connectivity index (χ1n) is 8.91. The zero-order valence-corrected chi connectivity index (χ0v) is 15.6. The number of fused-ring (bicyclic) bond motifs is 1. The standard InChI is InChI=1S/C20H20F2N4O2/c1-3-4-10-25(2)20(28)18-24-17(16-7-5-6-11-26(16)18)19(27)23-15-9-8-13(21)12-14(15)22/h5-9,11-12H,3-4,10H2,1-2H3,(H,23,27). The molecule has 2 heterocycles. The first kappa shape index (κ1) is 19.5. The fourth-order valence-corrected chi connectivity index (χ4v) is 2.80. The summed E-state index contributed by atoms with van der Waals surface area (Å²) in [6, 6.07) is 7.93. The van der Waals surface area contributed by atoms with E-state index in [1.165, 1.54) is 4.40 Å². The Kier molecular flexibility index (Phi) is 5.67. The molecule has 0 fully saturated rings. The average molecular weight is 386 g/mol. The van der Waals surface area contributed by atoms with Crippen molar-refractivity contribution in [3.8, 4) is 0 Å². The fraction of sp³-hybridized carbons (Fsp3) is 0.250. The summed E-state index contributed by atoms with van der Waals surface area (Å²) in [5.74, 6) is -2.55. The van der Waals surface area contributed by atoms with Gasteiger partial charge >= 0.3 is 0 Å². The van der Waals surface area contributed by atoms with Crippen molar-refractivity contribution in [1.29, 1.82) is 0 Å². The topological polar surface area (TPSA) is 66.7 Å². The van der Waals surface area contributed by atoms with Crippen molar-refractivity contribution < 1.29 is 18.4 Å². The monoisotopic (exact) mass is 386 g/mol. The Labute approximate surface area is 160 Å². The molecule has 3 rings (SSSR count). The first-order chi connectivity index (χ1) is 13.4. The number of halogens is 2. The molecule has 146 valence electrons. The van der Waals surface area contributed by atoms with E-state index in [2.05, 4.69) is 10.3 Å². The normalized spacial score (nSPS) is 10.9. The van der Waals surface area contributed by atoms with Gasteiger partial charge in [0.1, 0.15) is 11.6 Å². The van der Waals surface area contributed by atoms with Crippen molar-refractivity contribution in [3.63, 3.8) is 0 Å². The number of imidazole rings is 1. The molecule has 0 radical (unpaired) electrons. The number of hydrogen-bond acceptors (Lipinski definition) is 3. The molecular weight excluding hydrogens is 366 g/mol. The number of pyridine rings is 1. The number of aromatic nitrogens is 2. The van der Waals surface area contributed by atoms with Crippen LogP contribution in [0.4, 0.5) is 14.5 Å². The molecule has 0 unspecified atom stereocenters. The number of carbonyl (C=O) groups is 2. The molecular formula is C20H20F2N4O2. The van der Waals surface area contributed by atoms with Gasteiger partial charge < -0.3 is 10.2 Å². The van der Waals surface area contributed by atoms with Crippen LogP contribution in [-0.4, -0.2) is 39.7 Å². The van der Waals surface area contributed by atoms with E-state index in [1.807, 2.05) is 6.92 Å². The quantitative estimate of drug-likeness (QED) is 0.702. The Morgan fingerprint density at radius 3 is 2.71 bits per heavy atom. The minimum absolute atomic E-state index is 0.0171.